The van der Waals surface area contributed by atoms with Crippen molar-refractivity contribution in [2.75, 3.05) is 19.8 Å². The molecule has 1 aromatic rings. The highest BCUT2D eigenvalue weighted by Crippen LogP contribution is 2.32. The molecule has 1 aromatic heterocycles. The van der Waals surface area contributed by atoms with Crippen molar-refractivity contribution in [2.45, 2.75) is 71.3 Å². The number of fused-ring (bicyclic) bond motifs is 1. The van der Waals surface area contributed by atoms with Crippen LogP contribution < -0.4 is 10.6 Å². The van der Waals surface area contributed by atoms with Crippen LogP contribution in [0.25, 0.3) is 0 Å². The van der Waals surface area contributed by atoms with Gasteiger partial charge in [0.05, 0.1) is 18.9 Å². The average molecular weight is 416 g/mol. The summed E-state index contributed by atoms with van der Waals surface area (Å²) < 4.78 is 46.2. The van der Waals surface area contributed by atoms with Gasteiger partial charge in [0.15, 0.2) is 0 Å². The van der Waals surface area contributed by atoms with Crippen LogP contribution in [0.5, 0.6) is 0 Å². The molecule has 2 fully saturated rings. The van der Waals surface area contributed by atoms with Crippen molar-refractivity contribution in [3.8, 4) is 0 Å². The fraction of sp³-hybridized carbons (Fsp3) is 0.895. The van der Waals surface area contributed by atoms with Gasteiger partial charge in [0.1, 0.15) is 5.82 Å². The van der Waals surface area contributed by atoms with Crippen LogP contribution in [0.2, 0.25) is 0 Å². The van der Waals surface area contributed by atoms with E-state index in [0.717, 1.165) is 26.1 Å². The van der Waals surface area contributed by atoms with E-state index in [2.05, 4.69) is 46.5 Å². The normalized spacial score (nSPS) is 34.0. The molecule has 0 spiro atoms. The lowest BCUT2D eigenvalue weighted by molar-refractivity contribution is -0.148. The number of hydrogen-bond donors (Lipinski definition) is 2. The van der Waals surface area contributed by atoms with Crippen LogP contribution >= 0.6 is 0 Å². The first-order chi connectivity index (χ1) is 13.7. The van der Waals surface area contributed by atoms with Crippen molar-refractivity contribution in [3.63, 3.8) is 0 Å². The van der Waals surface area contributed by atoms with Crippen LogP contribution in [0.3, 0.4) is 0 Å². The first-order valence-corrected chi connectivity index (χ1v) is 10.6. The van der Waals surface area contributed by atoms with E-state index in [1.807, 2.05) is 0 Å². The first-order valence-electron chi connectivity index (χ1n) is 10.6. The Morgan fingerprint density at radius 3 is 2.66 bits per heavy atom. The molecule has 3 aliphatic heterocycles. The zero-order valence-corrected chi connectivity index (χ0v) is 17.2. The van der Waals surface area contributed by atoms with Crippen molar-refractivity contribution in [3.05, 3.63) is 11.6 Å². The molecule has 5 atom stereocenters. The molecule has 164 valence electrons. The SMILES string of the molecule is CC(C)C1NC(C[C@@H]2CCOC2)C(C)C(N2CCn3c(nnc3C(F)(F)F)C2)N1. The van der Waals surface area contributed by atoms with Crippen LogP contribution in [-0.2, 0) is 24.0 Å². The fourth-order valence-electron chi connectivity index (χ4n) is 4.84. The molecule has 0 saturated carbocycles. The summed E-state index contributed by atoms with van der Waals surface area (Å²) in [5.74, 6) is 0.774. The minimum atomic E-state index is -4.47. The molecule has 0 bridgehead atoms. The number of ether oxygens (including phenoxy) is 1. The predicted octanol–water partition coefficient (Wildman–Crippen LogP) is 2.04. The van der Waals surface area contributed by atoms with Gasteiger partial charge in [-0.25, -0.2) is 0 Å². The maximum absolute atomic E-state index is 13.1. The highest BCUT2D eigenvalue weighted by molar-refractivity contribution is 5.04. The summed E-state index contributed by atoms with van der Waals surface area (Å²) in [6, 6.07) is 0.339. The molecular weight excluding hydrogens is 385 g/mol. The Hall–Kier alpha value is -1.23. The molecule has 4 heterocycles. The Balaban J connectivity index is 1.50. The molecule has 2 N–H and O–H groups in total. The van der Waals surface area contributed by atoms with Crippen molar-refractivity contribution in [1.29, 1.82) is 0 Å². The maximum atomic E-state index is 13.1. The maximum Gasteiger partial charge on any atom is 0.451 e. The molecule has 0 amide bonds. The third-order valence-electron chi connectivity index (χ3n) is 6.58. The molecule has 3 aliphatic rings. The second kappa shape index (κ2) is 8.13. The molecule has 0 radical (unpaired) electrons. The van der Waals surface area contributed by atoms with Crippen LogP contribution in [0.1, 0.15) is 45.3 Å². The van der Waals surface area contributed by atoms with Gasteiger partial charge in [-0.15, -0.1) is 10.2 Å². The molecule has 2 saturated heterocycles. The van der Waals surface area contributed by atoms with Gasteiger partial charge in [0, 0.05) is 38.3 Å². The Morgan fingerprint density at radius 1 is 1.21 bits per heavy atom. The summed E-state index contributed by atoms with van der Waals surface area (Å²) in [6.45, 7) is 9.40. The number of nitrogens with zero attached hydrogens (tertiary/aromatic N) is 4. The van der Waals surface area contributed by atoms with E-state index in [4.69, 9.17) is 4.74 Å². The predicted molar refractivity (Wildman–Crippen MR) is 101 cm³/mol. The topological polar surface area (TPSA) is 67.2 Å². The smallest absolute Gasteiger partial charge is 0.381 e. The molecular formula is C19H31F3N6O. The van der Waals surface area contributed by atoms with Crippen LogP contribution in [-0.4, -0.2) is 57.8 Å². The second-order valence-electron chi connectivity index (χ2n) is 8.99. The van der Waals surface area contributed by atoms with E-state index in [-0.39, 0.29) is 18.9 Å². The minimum Gasteiger partial charge on any atom is -0.381 e. The van der Waals surface area contributed by atoms with Gasteiger partial charge in [-0.05, 0) is 24.7 Å². The third-order valence-corrected chi connectivity index (χ3v) is 6.58. The van der Waals surface area contributed by atoms with Crippen molar-refractivity contribution >= 4 is 0 Å². The number of nitrogens with one attached hydrogen (secondary N) is 2. The zero-order chi connectivity index (χ0) is 20.8. The fourth-order valence-corrected chi connectivity index (χ4v) is 4.84. The standard InChI is InChI=1S/C19H31F3N6O/c1-11(2)16-23-14(8-13-4-7-29-10-13)12(3)17(24-16)27-5-6-28-15(9-27)25-26-18(28)19(20,21)22/h11-14,16-17,23-24H,4-10H2,1-3H3/t12?,13-,14?,16?,17?/m0/s1. The summed E-state index contributed by atoms with van der Waals surface area (Å²) in [5.41, 5.74) is 0. The Bertz CT molecular complexity index is 701. The number of aromatic nitrogens is 3. The van der Waals surface area contributed by atoms with Gasteiger partial charge in [0.25, 0.3) is 0 Å². The number of rotatable bonds is 4. The van der Waals surface area contributed by atoms with Crippen LogP contribution in [0, 0.1) is 17.8 Å². The van der Waals surface area contributed by atoms with E-state index < -0.39 is 12.0 Å². The lowest BCUT2D eigenvalue weighted by atomic mass is 9.85. The molecule has 4 unspecified atom stereocenters. The lowest BCUT2D eigenvalue weighted by Crippen LogP contribution is -2.69. The molecule has 4 rings (SSSR count). The van der Waals surface area contributed by atoms with E-state index in [9.17, 15) is 13.2 Å². The zero-order valence-electron chi connectivity index (χ0n) is 17.2. The Kier molecular flexibility index (Phi) is 5.89. The minimum absolute atomic E-state index is 0.0794. The third kappa shape index (κ3) is 4.30. The highest BCUT2D eigenvalue weighted by Gasteiger charge is 2.43. The van der Waals surface area contributed by atoms with Gasteiger partial charge in [-0.3, -0.25) is 15.5 Å². The van der Waals surface area contributed by atoms with E-state index >= 15 is 0 Å². The molecule has 0 aromatic carbocycles. The van der Waals surface area contributed by atoms with Gasteiger partial charge in [0.2, 0.25) is 5.82 Å². The van der Waals surface area contributed by atoms with E-state index in [0.29, 0.717) is 42.7 Å². The highest BCUT2D eigenvalue weighted by atomic mass is 19.4. The molecule has 29 heavy (non-hydrogen) atoms. The van der Waals surface area contributed by atoms with E-state index in [1.54, 1.807) is 0 Å². The van der Waals surface area contributed by atoms with Crippen molar-refractivity contribution in [1.82, 2.24) is 30.3 Å². The molecule has 0 aliphatic carbocycles. The van der Waals surface area contributed by atoms with Gasteiger partial charge in [-0.2, -0.15) is 13.2 Å². The number of hydrogen-bond acceptors (Lipinski definition) is 6. The van der Waals surface area contributed by atoms with Gasteiger partial charge >= 0.3 is 6.18 Å². The second-order valence-corrected chi connectivity index (χ2v) is 8.99. The molecule has 7 nitrogen and oxygen atoms in total. The number of halogens is 3. The lowest BCUT2D eigenvalue weighted by Gasteiger charge is -2.49. The summed E-state index contributed by atoms with van der Waals surface area (Å²) in [7, 11) is 0. The van der Waals surface area contributed by atoms with Crippen LogP contribution in [0.15, 0.2) is 0 Å². The van der Waals surface area contributed by atoms with Gasteiger partial charge < -0.3 is 9.30 Å². The Labute approximate surface area is 169 Å². The number of alkyl halides is 3. The monoisotopic (exact) mass is 416 g/mol. The van der Waals surface area contributed by atoms with Crippen molar-refractivity contribution < 1.29 is 17.9 Å². The summed E-state index contributed by atoms with van der Waals surface area (Å²) >= 11 is 0. The summed E-state index contributed by atoms with van der Waals surface area (Å²) in [4.78, 5) is 2.23. The quantitative estimate of drug-likeness (QED) is 0.783. The Morgan fingerprint density at radius 2 is 2.00 bits per heavy atom. The van der Waals surface area contributed by atoms with Crippen molar-refractivity contribution in [2.24, 2.45) is 17.8 Å². The van der Waals surface area contributed by atoms with E-state index in [1.165, 1.54) is 4.57 Å². The summed E-state index contributed by atoms with van der Waals surface area (Å²) in [6.07, 6.45) is -2.07. The molecule has 10 heteroatoms. The average Bonchev–Trinajstić information content (AvgIpc) is 3.31. The van der Waals surface area contributed by atoms with Crippen LogP contribution in [0.4, 0.5) is 13.2 Å². The largest absolute Gasteiger partial charge is 0.451 e. The summed E-state index contributed by atoms with van der Waals surface area (Å²) in [5, 5.41) is 14.7. The first kappa shape index (κ1) is 21.0. The van der Waals surface area contributed by atoms with Gasteiger partial charge in [-0.1, -0.05) is 20.8 Å².